The van der Waals surface area contributed by atoms with Gasteiger partial charge in [-0.25, -0.2) is 4.98 Å². The second-order valence-corrected chi connectivity index (χ2v) is 10.3. The van der Waals surface area contributed by atoms with E-state index in [0.717, 1.165) is 57.8 Å². The normalized spacial score (nSPS) is 15.5. The van der Waals surface area contributed by atoms with Gasteiger partial charge in [0.05, 0.1) is 18.0 Å². The molecule has 0 spiro atoms. The Morgan fingerprint density at radius 3 is 2.74 bits per heavy atom. The maximum atomic E-state index is 9.20. The minimum Gasteiger partial charge on any atom is -0.489 e. The van der Waals surface area contributed by atoms with Crippen LogP contribution >= 0.6 is 11.6 Å². The van der Waals surface area contributed by atoms with E-state index in [1.54, 1.807) is 0 Å². The monoisotopic (exact) mass is 536 g/mol. The van der Waals surface area contributed by atoms with E-state index in [0.29, 0.717) is 26.0 Å². The summed E-state index contributed by atoms with van der Waals surface area (Å²) in [7, 11) is 2.03. The molecule has 1 saturated heterocycles. The van der Waals surface area contributed by atoms with Crippen LogP contribution < -0.4 is 15.0 Å². The summed E-state index contributed by atoms with van der Waals surface area (Å²) in [6, 6.07) is 25.2. The zero-order valence-corrected chi connectivity index (χ0v) is 22.5. The van der Waals surface area contributed by atoms with Gasteiger partial charge in [-0.15, -0.1) is 0 Å². The summed E-state index contributed by atoms with van der Waals surface area (Å²) in [5.41, 5.74) is 5.17. The van der Waals surface area contributed by atoms with Crippen molar-refractivity contribution < 1.29 is 4.74 Å². The molecule has 39 heavy (non-hydrogen) atoms. The van der Waals surface area contributed by atoms with Crippen LogP contribution in [0.5, 0.6) is 5.75 Å². The van der Waals surface area contributed by atoms with Gasteiger partial charge in [0.25, 0.3) is 0 Å². The third-order valence-electron chi connectivity index (χ3n) is 7.29. The predicted molar refractivity (Wildman–Crippen MR) is 155 cm³/mol. The number of hydrogen-bond donors (Lipinski definition) is 1. The molecule has 196 valence electrons. The van der Waals surface area contributed by atoms with Crippen LogP contribution in [0, 0.1) is 11.3 Å². The third kappa shape index (κ3) is 5.26. The number of aromatic nitrogens is 3. The lowest BCUT2D eigenvalue weighted by Crippen LogP contribution is -2.51. The SMILES string of the molecule is Cn1cc(Cc2cc(OCc3ccccc3)cc3ccccc23)c2nc(Cl)nc(N3CCN[C@@H](CC#N)C3)c21. The quantitative estimate of drug-likeness (QED) is 0.271. The Kier molecular flexibility index (Phi) is 7.06. The average Bonchev–Trinajstić information content (AvgIpc) is 3.26. The topological polar surface area (TPSA) is 79.0 Å². The van der Waals surface area contributed by atoms with E-state index in [2.05, 4.69) is 85.5 Å². The molecule has 0 aliphatic carbocycles. The molecule has 1 N–H and O–H groups in total. The zero-order chi connectivity index (χ0) is 26.8. The van der Waals surface area contributed by atoms with Crippen molar-refractivity contribution >= 4 is 39.2 Å². The number of rotatable bonds is 7. The van der Waals surface area contributed by atoms with E-state index in [1.807, 2.05) is 25.2 Å². The molecule has 0 saturated carbocycles. The van der Waals surface area contributed by atoms with Gasteiger partial charge in [-0.2, -0.15) is 10.2 Å². The zero-order valence-electron chi connectivity index (χ0n) is 21.8. The second-order valence-electron chi connectivity index (χ2n) is 9.99. The van der Waals surface area contributed by atoms with Gasteiger partial charge >= 0.3 is 0 Å². The van der Waals surface area contributed by atoms with Crippen molar-refractivity contribution in [2.24, 2.45) is 7.05 Å². The van der Waals surface area contributed by atoms with Gasteiger partial charge in [0.1, 0.15) is 17.9 Å². The Labute approximate surface area is 232 Å². The lowest BCUT2D eigenvalue weighted by Gasteiger charge is -2.34. The number of hydrogen-bond acceptors (Lipinski definition) is 6. The van der Waals surface area contributed by atoms with Crippen molar-refractivity contribution in [2.45, 2.75) is 25.5 Å². The number of piperazine rings is 1. The van der Waals surface area contributed by atoms with Crippen LogP contribution in [0.3, 0.4) is 0 Å². The highest BCUT2D eigenvalue weighted by Crippen LogP contribution is 2.33. The average molecular weight is 537 g/mol. The summed E-state index contributed by atoms with van der Waals surface area (Å²) >= 11 is 6.50. The van der Waals surface area contributed by atoms with Gasteiger partial charge in [-0.1, -0.05) is 54.6 Å². The van der Waals surface area contributed by atoms with Gasteiger partial charge < -0.3 is 19.5 Å². The Morgan fingerprint density at radius 1 is 1.08 bits per heavy atom. The Morgan fingerprint density at radius 2 is 1.90 bits per heavy atom. The fourth-order valence-electron chi connectivity index (χ4n) is 5.47. The number of ether oxygens (including phenoxy) is 1. The highest BCUT2D eigenvalue weighted by molar-refractivity contribution is 6.28. The fraction of sp³-hybridized carbons (Fsp3) is 0.258. The Bertz CT molecular complexity index is 1680. The number of fused-ring (bicyclic) bond motifs is 2. The van der Waals surface area contributed by atoms with Gasteiger partial charge in [0.15, 0.2) is 5.82 Å². The van der Waals surface area contributed by atoms with Crippen LogP contribution in [0.15, 0.2) is 72.9 Å². The summed E-state index contributed by atoms with van der Waals surface area (Å²) in [4.78, 5) is 11.6. The number of nitriles is 1. The first kappa shape index (κ1) is 25.2. The van der Waals surface area contributed by atoms with E-state index < -0.39 is 0 Å². The van der Waals surface area contributed by atoms with Crippen LogP contribution in [0.4, 0.5) is 5.82 Å². The van der Waals surface area contributed by atoms with Crippen molar-refractivity contribution in [1.29, 1.82) is 5.26 Å². The minimum atomic E-state index is 0.0947. The number of nitrogens with zero attached hydrogens (tertiary/aromatic N) is 5. The fourth-order valence-corrected chi connectivity index (χ4v) is 5.64. The van der Waals surface area contributed by atoms with Gasteiger partial charge in [-0.3, -0.25) is 0 Å². The molecule has 8 heteroatoms. The largest absolute Gasteiger partial charge is 0.489 e. The maximum absolute atomic E-state index is 9.20. The van der Waals surface area contributed by atoms with E-state index in [4.69, 9.17) is 16.3 Å². The molecule has 1 atom stereocenters. The molecule has 1 aliphatic heterocycles. The molecule has 3 heterocycles. The maximum Gasteiger partial charge on any atom is 0.225 e. The van der Waals surface area contributed by atoms with Crippen molar-refractivity contribution in [3.05, 3.63) is 94.9 Å². The highest BCUT2D eigenvalue weighted by atomic mass is 35.5. The molecule has 0 amide bonds. The van der Waals surface area contributed by atoms with Crippen LogP contribution in [0.1, 0.15) is 23.1 Å². The molecular weight excluding hydrogens is 508 g/mol. The first-order valence-electron chi connectivity index (χ1n) is 13.1. The van der Waals surface area contributed by atoms with Gasteiger partial charge in [0, 0.05) is 50.9 Å². The smallest absolute Gasteiger partial charge is 0.225 e. The van der Waals surface area contributed by atoms with Crippen LogP contribution in [0.2, 0.25) is 5.28 Å². The Balaban J connectivity index is 1.37. The molecular formula is C31H29ClN6O. The summed E-state index contributed by atoms with van der Waals surface area (Å²) in [5, 5.41) is 15.2. The van der Waals surface area contributed by atoms with Crippen molar-refractivity contribution in [1.82, 2.24) is 19.9 Å². The van der Waals surface area contributed by atoms with Crippen molar-refractivity contribution in [3.8, 4) is 11.8 Å². The minimum absolute atomic E-state index is 0.0947. The molecule has 2 aromatic heterocycles. The summed E-state index contributed by atoms with van der Waals surface area (Å²) in [6.07, 6.45) is 3.25. The van der Waals surface area contributed by atoms with E-state index in [1.165, 1.54) is 5.39 Å². The van der Waals surface area contributed by atoms with Gasteiger partial charge in [0.2, 0.25) is 5.28 Å². The second kappa shape index (κ2) is 10.9. The molecule has 6 rings (SSSR count). The van der Waals surface area contributed by atoms with Crippen LogP contribution in [-0.2, 0) is 20.1 Å². The van der Waals surface area contributed by atoms with Gasteiger partial charge in [-0.05, 0) is 45.6 Å². The molecule has 0 bridgehead atoms. The van der Waals surface area contributed by atoms with Crippen LogP contribution in [0.25, 0.3) is 21.8 Å². The molecule has 3 aromatic carbocycles. The number of anilines is 1. The van der Waals surface area contributed by atoms with Crippen molar-refractivity contribution in [2.75, 3.05) is 24.5 Å². The lowest BCUT2D eigenvalue weighted by molar-refractivity contribution is 0.306. The number of aryl methyl sites for hydroxylation is 1. The summed E-state index contributed by atoms with van der Waals surface area (Å²) in [6.45, 7) is 2.78. The van der Waals surface area contributed by atoms with E-state index in [-0.39, 0.29) is 11.3 Å². The first-order valence-corrected chi connectivity index (χ1v) is 13.5. The molecule has 1 fully saturated rings. The standard InChI is InChI=1S/C31H29ClN6O/c1-37-18-24(28-29(37)30(36-31(32)35-28)38-14-13-34-25(19-38)11-12-33)15-23-17-26(16-22-9-5-6-10-27(22)23)39-20-21-7-3-2-4-8-21/h2-10,16-18,25,34H,11,13-15,19-20H2,1H3/t25-/m0/s1. The molecule has 5 aromatic rings. The number of halogens is 1. The molecule has 7 nitrogen and oxygen atoms in total. The van der Waals surface area contributed by atoms with Crippen LogP contribution in [-0.4, -0.2) is 40.2 Å². The first-order chi connectivity index (χ1) is 19.1. The third-order valence-corrected chi connectivity index (χ3v) is 7.46. The predicted octanol–water partition coefficient (Wildman–Crippen LogP) is 5.64. The molecule has 1 aliphatic rings. The van der Waals surface area contributed by atoms with Crippen molar-refractivity contribution in [3.63, 3.8) is 0 Å². The molecule has 0 radical (unpaired) electrons. The summed E-state index contributed by atoms with van der Waals surface area (Å²) in [5.74, 6) is 1.65. The Hall–Kier alpha value is -4.12. The lowest BCUT2D eigenvalue weighted by atomic mass is 9.98. The van der Waals surface area contributed by atoms with E-state index >= 15 is 0 Å². The number of benzene rings is 3. The number of nitrogens with one attached hydrogen (secondary N) is 1. The summed E-state index contributed by atoms with van der Waals surface area (Å²) < 4.78 is 8.32. The van der Waals surface area contributed by atoms with E-state index in [9.17, 15) is 5.26 Å². The highest BCUT2D eigenvalue weighted by Gasteiger charge is 2.25. The molecule has 0 unspecified atom stereocenters.